The third kappa shape index (κ3) is 5.60. The second-order valence-corrected chi connectivity index (χ2v) is 12.2. The van der Waals surface area contributed by atoms with Gasteiger partial charge in [-0.05, 0) is 69.3 Å². The van der Waals surface area contributed by atoms with Crippen LogP contribution in [0.15, 0.2) is 101 Å². The van der Waals surface area contributed by atoms with Crippen LogP contribution in [0, 0.1) is 13.8 Å². The van der Waals surface area contributed by atoms with Crippen LogP contribution in [0.3, 0.4) is 0 Å². The number of rotatable bonds is 10. The molecule has 7 nitrogen and oxygen atoms in total. The van der Waals surface area contributed by atoms with Crippen molar-refractivity contribution in [1.29, 1.82) is 0 Å². The minimum atomic E-state index is -4.01. The Kier molecular flexibility index (Phi) is 7.91. The Labute approximate surface area is 223 Å². The van der Waals surface area contributed by atoms with Crippen LogP contribution in [0.5, 0.6) is 5.75 Å². The Balaban J connectivity index is 1.68. The van der Waals surface area contributed by atoms with E-state index in [9.17, 15) is 16.8 Å². The summed E-state index contributed by atoms with van der Waals surface area (Å²) in [5.74, 6) is 0.389. The molecule has 0 amide bonds. The number of hydrogen-bond donors (Lipinski definition) is 0. The molecule has 4 aromatic rings. The molecule has 0 saturated carbocycles. The first-order chi connectivity index (χ1) is 18.1. The summed E-state index contributed by atoms with van der Waals surface area (Å²) >= 11 is 0. The van der Waals surface area contributed by atoms with Gasteiger partial charge in [-0.15, -0.1) is 0 Å². The molecule has 4 rings (SSSR count). The highest BCUT2D eigenvalue weighted by molar-refractivity contribution is 7.90. The van der Waals surface area contributed by atoms with Gasteiger partial charge in [-0.1, -0.05) is 54.1 Å². The van der Waals surface area contributed by atoms with E-state index in [0.29, 0.717) is 22.2 Å². The summed E-state index contributed by atoms with van der Waals surface area (Å²) < 4.78 is 64.8. The van der Waals surface area contributed by atoms with Gasteiger partial charge in [0.25, 0.3) is 20.1 Å². The van der Waals surface area contributed by atoms with E-state index in [1.165, 1.54) is 28.4 Å². The summed E-state index contributed by atoms with van der Waals surface area (Å²) in [6.07, 6.45) is 5.75. The summed E-state index contributed by atoms with van der Waals surface area (Å²) in [5.41, 5.74) is 3.00. The lowest BCUT2D eigenvalue weighted by Crippen LogP contribution is -2.23. The summed E-state index contributed by atoms with van der Waals surface area (Å²) in [4.78, 5) is 0.209. The van der Waals surface area contributed by atoms with E-state index in [2.05, 4.69) is 6.58 Å². The molecule has 0 fully saturated rings. The molecule has 0 aliphatic carbocycles. The Morgan fingerprint density at radius 2 is 1.47 bits per heavy atom. The number of aryl methyl sites for hydroxylation is 2. The number of benzene rings is 3. The smallest absolute Gasteiger partial charge is 0.297 e. The van der Waals surface area contributed by atoms with Gasteiger partial charge in [0.05, 0.1) is 15.3 Å². The number of allylic oxidation sites excluding steroid dienone is 1. The fraction of sp³-hybridized carbons (Fsp3) is 0.172. The minimum Gasteiger partial charge on any atom is -0.483 e. The first kappa shape index (κ1) is 27.4. The maximum absolute atomic E-state index is 13.4. The second-order valence-electron chi connectivity index (χ2n) is 8.79. The van der Waals surface area contributed by atoms with Crippen molar-refractivity contribution in [3.05, 3.63) is 108 Å². The van der Waals surface area contributed by atoms with Crippen molar-refractivity contribution in [3.63, 3.8) is 0 Å². The predicted octanol–water partition coefficient (Wildman–Crippen LogP) is 5.87. The predicted molar refractivity (Wildman–Crippen MR) is 149 cm³/mol. The molecule has 0 aliphatic heterocycles. The van der Waals surface area contributed by atoms with Gasteiger partial charge in [0, 0.05) is 17.1 Å². The normalized spacial score (nSPS) is 13.1. The average Bonchev–Trinajstić information content (AvgIpc) is 3.33. The average molecular weight is 552 g/mol. The molecule has 0 N–H and O–H groups in total. The summed E-state index contributed by atoms with van der Waals surface area (Å²) in [7, 11) is -7.87. The van der Waals surface area contributed by atoms with Crippen LogP contribution in [0.25, 0.3) is 17.0 Å². The molecular formula is C29H29NO6S2. The highest BCUT2D eigenvalue weighted by Crippen LogP contribution is 2.34. The molecule has 0 bridgehead atoms. The van der Waals surface area contributed by atoms with Crippen molar-refractivity contribution >= 4 is 37.1 Å². The van der Waals surface area contributed by atoms with E-state index in [1.54, 1.807) is 54.6 Å². The van der Waals surface area contributed by atoms with Crippen molar-refractivity contribution in [1.82, 2.24) is 3.97 Å². The third-order valence-corrected chi connectivity index (χ3v) is 8.97. The van der Waals surface area contributed by atoms with Gasteiger partial charge in [0.1, 0.15) is 18.5 Å². The second kappa shape index (κ2) is 11.0. The van der Waals surface area contributed by atoms with E-state index in [-0.39, 0.29) is 16.4 Å². The van der Waals surface area contributed by atoms with Crippen molar-refractivity contribution in [2.24, 2.45) is 0 Å². The van der Waals surface area contributed by atoms with Crippen LogP contribution < -0.4 is 4.74 Å². The molecule has 3 aromatic carbocycles. The highest BCUT2D eigenvalue weighted by atomic mass is 32.2. The zero-order valence-electron chi connectivity index (χ0n) is 21.4. The van der Waals surface area contributed by atoms with E-state index < -0.39 is 26.2 Å². The fourth-order valence-electron chi connectivity index (χ4n) is 3.89. The number of ether oxygens (including phenoxy) is 1. The lowest BCUT2D eigenvalue weighted by molar-refractivity contribution is 0.169. The van der Waals surface area contributed by atoms with Gasteiger partial charge in [-0.25, -0.2) is 12.4 Å². The van der Waals surface area contributed by atoms with Crippen LogP contribution in [0.4, 0.5) is 0 Å². The molecule has 0 aliphatic rings. The first-order valence-corrected chi connectivity index (χ1v) is 14.8. The monoisotopic (exact) mass is 551 g/mol. The highest BCUT2D eigenvalue weighted by Gasteiger charge is 2.23. The van der Waals surface area contributed by atoms with Crippen molar-refractivity contribution in [3.8, 4) is 5.75 Å². The Morgan fingerprint density at radius 3 is 2.05 bits per heavy atom. The van der Waals surface area contributed by atoms with Crippen molar-refractivity contribution < 1.29 is 25.8 Å². The molecule has 1 atom stereocenters. The van der Waals surface area contributed by atoms with Crippen LogP contribution in [-0.2, 0) is 24.3 Å². The van der Waals surface area contributed by atoms with E-state index in [0.717, 1.165) is 11.1 Å². The van der Waals surface area contributed by atoms with Gasteiger partial charge >= 0.3 is 0 Å². The maximum Gasteiger partial charge on any atom is 0.297 e. The van der Waals surface area contributed by atoms with Crippen LogP contribution in [-0.4, -0.2) is 33.5 Å². The van der Waals surface area contributed by atoms with Gasteiger partial charge in [-0.3, -0.25) is 4.18 Å². The molecule has 198 valence electrons. The third-order valence-electron chi connectivity index (χ3n) is 5.97. The Hall–Kier alpha value is -3.66. The van der Waals surface area contributed by atoms with Gasteiger partial charge in [-0.2, -0.15) is 8.42 Å². The molecule has 1 aromatic heterocycles. The molecule has 1 heterocycles. The first-order valence-electron chi connectivity index (χ1n) is 11.9. The number of fused-ring (bicyclic) bond motifs is 1. The molecule has 38 heavy (non-hydrogen) atoms. The summed E-state index contributed by atoms with van der Waals surface area (Å²) in [5, 5.41) is 0.546. The summed E-state index contributed by atoms with van der Waals surface area (Å²) in [6.45, 7) is 9.06. The zero-order valence-corrected chi connectivity index (χ0v) is 23.0. The van der Waals surface area contributed by atoms with Gasteiger partial charge in [0.2, 0.25) is 0 Å². The van der Waals surface area contributed by atoms with Gasteiger partial charge < -0.3 is 4.74 Å². The largest absolute Gasteiger partial charge is 0.483 e. The lowest BCUT2D eigenvalue weighted by atomic mass is 10.1. The van der Waals surface area contributed by atoms with Crippen LogP contribution in [0.1, 0.15) is 23.6 Å². The standard InChI is InChI=1S/C29H29NO6S2/c1-5-7-23-12-17-28-27(18-19-30(28)37(31,32)25-13-8-21(3)9-14-25)29(23)36-24(6-2)20-35-38(33,34)26-15-10-22(4)11-16-26/h5-19,24H,2,20H2,1,3-4H3. The molecule has 1 unspecified atom stereocenters. The number of aromatic nitrogens is 1. The van der Waals surface area contributed by atoms with Crippen molar-refractivity contribution in [2.75, 3.05) is 6.61 Å². The minimum absolute atomic E-state index is 0.0426. The van der Waals surface area contributed by atoms with E-state index in [1.807, 2.05) is 32.9 Å². The van der Waals surface area contributed by atoms with Crippen LogP contribution in [0.2, 0.25) is 0 Å². The quantitative estimate of drug-likeness (QED) is 0.181. The van der Waals surface area contributed by atoms with E-state index in [4.69, 9.17) is 8.92 Å². The van der Waals surface area contributed by atoms with Crippen LogP contribution >= 0.6 is 0 Å². The Morgan fingerprint density at radius 1 is 0.868 bits per heavy atom. The molecule has 0 radical (unpaired) electrons. The molecule has 9 heteroatoms. The van der Waals surface area contributed by atoms with Crippen molar-refractivity contribution in [2.45, 2.75) is 36.7 Å². The lowest BCUT2D eigenvalue weighted by Gasteiger charge is -2.19. The number of nitrogens with zero attached hydrogens (tertiary/aromatic N) is 1. The summed E-state index contributed by atoms with van der Waals surface area (Å²) in [6, 6.07) is 18.1. The maximum atomic E-state index is 13.4. The number of hydrogen-bond acceptors (Lipinski definition) is 6. The molecule has 0 saturated heterocycles. The molecule has 0 spiro atoms. The zero-order chi connectivity index (χ0) is 27.5. The van der Waals surface area contributed by atoms with Gasteiger partial charge in [0.15, 0.2) is 0 Å². The topological polar surface area (TPSA) is 91.7 Å². The fourth-order valence-corrected chi connectivity index (χ4v) is 6.15. The SMILES string of the molecule is C=CC(COS(=O)(=O)c1ccc(C)cc1)Oc1c(C=CC)ccc2c1ccn2S(=O)(=O)c1ccc(C)cc1. The van der Waals surface area contributed by atoms with E-state index >= 15 is 0 Å². The Bertz CT molecular complexity index is 1700. The molecular weight excluding hydrogens is 522 g/mol.